The number of furan rings is 1. The van der Waals surface area contributed by atoms with Crippen molar-refractivity contribution >= 4 is 23.6 Å². The number of hydrogen-bond acceptors (Lipinski definition) is 8. The van der Waals surface area contributed by atoms with Crippen LogP contribution in [0.25, 0.3) is 17.4 Å². The van der Waals surface area contributed by atoms with Gasteiger partial charge in [-0.25, -0.2) is 4.79 Å². The van der Waals surface area contributed by atoms with Crippen LogP contribution < -0.4 is 10.1 Å². The highest BCUT2D eigenvalue weighted by molar-refractivity contribution is 6.09. The van der Waals surface area contributed by atoms with Crippen LogP contribution in [0.5, 0.6) is 5.75 Å². The first kappa shape index (κ1) is 28.2. The lowest BCUT2D eigenvalue weighted by atomic mass is 10.1. The molecule has 1 N–H and O–H groups in total. The van der Waals surface area contributed by atoms with E-state index in [1.54, 1.807) is 67.6 Å². The van der Waals surface area contributed by atoms with Gasteiger partial charge in [0, 0.05) is 23.4 Å². The van der Waals surface area contributed by atoms with Crippen LogP contribution in [0, 0.1) is 11.3 Å². The molecule has 2 aromatic carbocycles. The van der Waals surface area contributed by atoms with Crippen molar-refractivity contribution in [2.24, 2.45) is 0 Å². The number of anilines is 1. The second-order valence-corrected chi connectivity index (χ2v) is 7.81. The number of carbonyl (C=O) groups excluding carboxylic acids is 2. The summed E-state index contributed by atoms with van der Waals surface area (Å²) >= 11 is 0. The summed E-state index contributed by atoms with van der Waals surface area (Å²) in [6.45, 7) is 7.54. The number of hydrogen-bond donors (Lipinski definition) is 1. The zero-order valence-corrected chi connectivity index (χ0v) is 21.4. The molecule has 0 aliphatic carbocycles. The molecule has 0 unspecified atom stereocenters. The first-order valence-electron chi connectivity index (χ1n) is 12.2. The van der Waals surface area contributed by atoms with Gasteiger partial charge in [-0.2, -0.15) is 5.26 Å². The van der Waals surface area contributed by atoms with Crippen molar-refractivity contribution in [1.29, 1.82) is 5.26 Å². The van der Waals surface area contributed by atoms with E-state index >= 15 is 0 Å². The molecule has 1 saturated heterocycles. The Balaban J connectivity index is 0.000000585. The molecule has 2 heterocycles. The van der Waals surface area contributed by atoms with E-state index in [2.05, 4.69) is 5.32 Å². The van der Waals surface area contributed by atoms with Gasteiger partial charge in [0.2, 0.25) is 0 Å². The van der Waals surface area contributed by atoms with Crippen LogP contribution in [-0.2, 0) is 19.0 Å². The lowest BCUT2D eigenvalue weighted by molar-refractivity contribution is -0.112. The summed E-state index contributed by atoms with van der Waals surface area (Å²) in [6.07, 6.45) is 1.37. The molecule has 0 atom stereocenters. The Morgan fingerprint density at radius 3 is 2.29 bits per heavy atom. The number of nitrogens with zero attached hydrogens (tertiary/aromatic N) is 1. The van der Waals surface area contributed by atoms with Gasteiger partial charge in [-0.05, 0) is 50.2 Å². The first-order chi connectivity index (χ1) is 18.5. The maximum Gasteiger partial charge on any atom is 0.338 e. The van der Waals surface area contributed by atoms with Crippen LogP contribution in [0.2, 0.25) is 0 Å². The maximum absolute atomic E-state index is 12.5. The zero-order valence-electron chi connectivity index (χ0n) is 21.4. The molecule has 198 valence electrons. The average Bonchev–Trinajstić information content (AvgIpc) is 3.42. The highest BCUT2D eigenvalue weighted by Crippen LogP contribution is 2.24. The topological polar surface area (TPSA) is 120 Å². The van der Waals surface area contributed by atoms with Gasteiger partial charge in [-0.15, -0.1) is 0 Å². The summed E-state index contributed by atoms with van der Waals surface area (Å²) in [5.41, 5.74) is 1.60. The highest BCUT2D eigenvalue weighted by atomic mass is 16.6. The minimum absolute atomic E-state index is 0.106. The van der Waals surface area contributed by atoms with Gasteiger partial charge in [-0.1, -0.05) is 18.2 Å². The van der Waals surface area contributed by atoms with Crippen molar-refractivity contribution in [1.82, 2.24) is 0 Å². The Morgan fingerprint density at radius 2 is 1.68 bits per heavy atom. The predicted molar refractivity (Wildman–Crippen MR) is 142 cm³/mol. The van der Waals surface area contributed by atoms with E-state index in [-0.39, 0.29) is 5.57 Å². The molecular weight excluding hydrogens is 488 g/mol. The standard InChI is InChI=1S/C25H22N2O5.C4H8O2/c1-3-30-21-7-5-6-20(15-21)27-24(28)19(16-26)14-22-12-13-23(32-22)17-8-10-18(11-9-17)25(29)31-4-2;1-2-6-4-3-5-1/h5-15H,3-4H2,1-2H3,(H,27,28);1-4H2/b19-14-;. The lowest BCUT2D eigenvalue weighted by Gasteiger charge is -2.09. The number of benzene rings is 2. The van der Waals surface area contributed by atoms with E-state index in [0.29, 0.717) is 41.7 Å². The molecule has 1 aliphatic rings. The summed E-state index contributed by atoms with van der Waals surface area (Å²) in [4.78, 5) is 24.3. The fourth-order valence-electron chi connectivity index (χ4n) is 3.33. The quantitative estimate of drug-likeness (QED) is 0.248. The number of ether oxygens (including phenoxy) is 4. The van der Waals surface area contributed by atoms with Crippen LogP contribution in [0.15, 0.2) is 70.7 Å². The Bertz CT molecular complexity index is 1260. The van der Waals surface area contributed by atoms with E-state index in [1.807, 2.05) is 13.0 Å². The van der Waals surface area contributed by atoms with E-state index in [0.717, 1.165) is 32.0 Å². The van der Waals surface area contributed by atoms with Crippen LogP contribution in [0.3, 0.4) is 0 Å². The monoisotopic (exact) mass is 518 g/mol. The summed E-state index contributed by atoms with van der Waals surface area (Å²) in [6, 6.07) is 19.0. The van der Waals surface area contributed by atoms with E-state index in [4.69, 9.17) is 23.4 Å². The second-order valence-electron chi connectivity index (χ2n) is 7.81. The number of esters is 1. The largest absolute Gasteiger partial charge is 0.494 e. The average molecular weight is 519 g/mol. The van der Waals surface area contributed by atoms with Gasteiger partial charge in [0.25, 0.3) is 5.91 Å². The molecule has 0 radical (unpaired) electrons. The molecule has 1 aliphatic heterocycles. The third-order valence-electron chi connectivity index (χ3n) is 5.11. The van der Waals surface area contributed by atoms with Crippen molar-refractivity contribution in [2.75, 3.05) is 45.0 Å². The van der Waals surface area contributed by atoms with Crippen LogP contribution >= 0.6 is 0 Å². The Morgan fingerprint density at radius 1 is 0.974 bits per heavy atom. The molecular formula is C29H30N2O7. The fraction of sp³-hybridized carbons (Fsp3) is 0.276. The molecule has 1 amide bonds. The van der Waals surface area contributed by atoms with Crippen LogP contribution in [0.4, 0.5) is 5.69 Å². The van der Waals surface area contributed by atoms with Crippen molar-refractivity contribution < 1.29 is 33.0 Å². The Hall–Kier alpha value is -4.39. The Labute approximate surface area is 221 Å². The number of nitrogens with one attached hydrogen (secondary N) is 1. The van der Waals surface area contributed by atoms with Gasteiger partial charge in [0.05, 0.1) is 45.2 Å². The zero-order chi connectivity index (χ0) is 27.2. The van der Waals surface area contributed by atoms with E-state index in [1.165, 1.54) is 6.08 Å². The predicted octanol–water partition coefficient (Wildman–Crippen LogP) is 5.10. The fourth-order valence-corrected chi connectivity index (χ4v) is 3.33. The normalized spacial score (nSPS) is 12.9. The molecule has 0 spiro atoms. The molecule has 1 aromatic heterocycles. The summed E-state index contributed by atoms with van der Waals surface area (Å²) in [5, 5.41) is 12.1. The first-order valence-corrected chi connectivity index (χ1v) is 12.2. The second kappa shape index (κ2) is 15.0. The van der Waals surface area contributed by atoms with Gasteiger partial charge < -0.3 is 28.7 Å². The summed E-state index contributed by atoms with van der Waals surface area (Å²) in [5.74, 6) is 0.562. The molecule has 1 fully saturated rings. The van der Waals surface area contributed by atoms with Crippen LogP contribution in [0.1, 0.15) is 30.0 Å². The molecule has 0 saturated carbocycles. The SMILES string of the molecule is C1COCCO1.CCOC(=O)c1ccc(-c2ccc(/C=C(/C#N)C(=O)Nc3cccc(OCC)c3)o2)cc1. The smallest absolute Gasteiger partial charge is 0.338 e. The van der Waals surface area contributed by atoms with Gasteiger partial charge in [-0.3, -0.25) is 4.79 Å². The summed E-state index contributed by atoms with van der Waals surface area (Å²) < 4.78 is 26.0. The van der Waals surface area contributed by atoms with E-state index in [9.17, 15) is 14.9 Å². The molecule has 38 heavy (non-hydrogen) atoms. The Kier molecular flexibility index (Phi) is 11.1. The van der Waals surface area contributed by atoms with Crippen molar-refractivity contribution in [3.05, 3.63) is 77.6 Å². The van der Waals surface area contributed by atoms with Crippen molar-refractivity contribution in [3.8, 4) is 23.1 Å². The number of nitriles is 1. The van der Waals surface area contributed by atoms with E-state index < -0.39 is 11.9 Å². The van der Waals surface area contributed by atoms with Gasteiger partial charge in [0.1, 0.15) is 28.9 Å². The van der Waals surface area contributed by atoms with Crippen LogP contribution in [-0.4, -0.2) is 51.5 Å². The molecule has 9 heteroatoms. The van der Waals surface area contributed by atoms with Crippen molar-refractivity contribution in [3.63, 3.8) is 0 Å². The number of carbonyl (C=O) groups is 2. The lowest BCUT2D eigenvalue weighted by Crippen LogP contribution is -2.16. The highest BCUT2D eigenvalue weighted by Gasteiger charge is 2.13. The molecule has 4 rings (SSSR count). The third kappa shape index (κ3) is 8.62. The third-order valence-corrected chi connectivity index (χ3v) is 5.11. The number of rotatable bonds is 8. The number of amides is 1. The molecule has 9 nitrogen and oxygen atoms in total. The minimum atomic E-state index is -0.558. The van der Waals surface area contributed by atoms with Gasteiger partial charge >= 0.3 is 5.97 Å². The summed E-state index contributed by atoms with van der Waals surface area (Å²) in [7, 11) is 0. The molecule has 0 bridgehead atoms. The minimum Gasteiger partial charge on any atom is -0.494 e. The van der Waals surface area contributed by atoms with Gasteiger partial charge in [0.15, 0.2) is 0 Å². The maximum atomic E-state index is 12.5. The van der Waals surface area contributed by atoms with Crippen molar-refractivity contribution in [2.45, 2.75) is 13.8 Å². The molecule has 3 aromatic rings.